The average molecular weight is 208 g/mol. The molecule has 0 fully saturated rings. The zero-order valence-corrected chi connectivity index (χ0v) is 10.7. The molecule has 0 bridgehead atoms. The van der Waals surface area contributed by atoms with Gasteiger partial charge >= 0.3 is 0 Å². The molecule has 1 aromatic rings. The fraction of sp³-hybridized carbons (Fsp3) is 0.429. The molecule has 0 aliphatic rings. The number of benzene rings is 1. The van der Waals surface area contributed by atoms with Crippen molar-refractivity contribution in [3.8, 4) is 0 Å². The van der Waals surface area contributed by atoms with Crippen LogP contribution in [0.1, 0.15) is 33.3 Å². The summed E-state index contributed by atoms with van der Waals surface area (Å²) in [6, 6.07) is 10.1. The molecule has 0 radical (unpaired) electrons. The second-order valence-electron chi connectivity index (χ2n) is 2.59. The van der Waals surface area contributed by atoms with Crippen LogP contribution in [0.4, 0.5) is 0 Å². The first kappa shape index (κ1) is 16.4. The van der Waals surface area contributed by atoms with Crippen LogP contribution in [0.2, 0.25) is 0 Å². The minimum absolute atomic E-state index is 0.709. The minimum atomic E-state index is 0.709. The first-order valence-electron chi connectivity index (χ1n) is 5.45. The van der Waals surface area contributed by atoms with E-state index < -0.39 is 0 Å². The van der Waals surface area contributed by atoms with Crippen molar-refractivity contribution >= 4 is 0 Å². The van der Waals surface area contributed by atoms with Gasteiger partial charge in [-0.1, -0.05) is 56.3 Å². The Morgan fingerprint density at radius 1 is 1.00 bits per heavy atom. The number of hydrogen-bond donors (Lipinski definition) is 0. The number of allylic oxidation sites excluding steroid dienone is 2. The highest BCUT2D eigenvalue weighted by Gasteiger charge is 1.84. The Labute approximate surface area is 94.8 Å². The van der Waals surface area contributed by atoms with Gasteiger partial charge in [0.1, 0.15) is 0 Å². The van der Waals surface area contributed by atoms with Crippen LogP contribution >= 0.6 is 0 Å². The quantitative estimate of drug-likeness (QED) is 0.653. The molecule has 1 nitrogen and oxygen atoms in total. The molecule has 15 heavy (non-hydrogen) atoms. The zero-order chi connectivity index (χ0) is 11.9. The summed E-state index contributed by atoms with van der Waals surface area (Å²) in [6.45, 7) is 8.71. The van der Waals surface area contributed by atoms with E-state index in [0.29, 0.717) is 6.61 Å². The largest absolute Gasteiger partial charge is 0.380 e. The molecular weight excluding hydrogens is 184 g/mol. The molecule has 0 aliphatic heterocycles. The molecule has 0 N–H and O–H groups in total. The van der Waals surface area contributed by atoms with Gasteiger partial charge in [0.15, 0.2) is 0 Å². The highest BCUT2D eigenvalue weighted by atomic mass is 16.5. The van der Waals surface area contributed by atoms with E-state index in [0.717, 1.165) is 0 Å². The van der Waals surface area contributed by atoms with E-state index in [-0.39, 0.29) is 0 Å². The maximum atomic E-state index is 4.93. The van der Waals surface area contributed by atoms with Crippen LogP contribution < -0.4 is 0 Å². The lowest BCUT2D eigenvalue weighted by Crippen LogP contribution is -1.84. The molecule has 1 heteroatoms. The SMILES string of the molecule is C/C=C\C.CC.COCc1ccccc1. The molecular formula is C14H24O. The van der Waals surface area contributed by atoms with E-state index in [2.05, 4.69) is 0 Å². The van der Waals surface area contributed by atoms with Gasteiger partial charge in [-0.25, -0.2) is 0 Å². The van der Waals surface area contributed by atoms with Crippen molar-refractivity contribution in [1.29, 1.82) is 0 Å². The lowest BCUT2D eigenvalue weighted by molar-refractivity contribution is 0.185. The van der Waals surface area contributed by atoms with E-state index in [1.54, 1.807) is 7.11 Å². The Hall–Kier alpha value is -1.08. The molecule has 0 aliphatic carbocycles. The lowest BCUT2D eigenvalue weighted by Gasteiger charge is -1.95. The molecule has 0 unspecified atom stereocenters. The maximum absolute atomic E-state index is 4.93. The molecule has 1 aromatic carbocycles. The van der Waals surface area contributed by atoms with Crippen LogP contribution in [0.5, 0.6) is 0 Å². The number of methoxy groups -OCH3 is 1. The second kappa shape index (κ2) is 15.4. The fourth-order valence-corrected chi connectivity index (χ4v) is 0.741. The summed E-state index contributed by atoms with van der Waals surface area (Å²) in [5.41, 5.74) is 1.22. The van der Waals surface area contributed by atoms with E-state index >= 15 is 0 Å². The van der Waals surface area contributed by atoms with Crippen LogP contribution in [-0.4, -0.2) is 7.11 Å². The van der Waals surface area contributed by atoms with Gasteiger partial charge in [0.05, 0.1) is 6.61 Å². The van der Waals surface area contributed by atoms with Crippen molar-refractivity contribution in [2.75, 3.05) is 7.11 Å². The Morgan fingerprint density at radius 3 is 1.80 bits per heavy atom. The summed E-state index contributed by atoms with van der Waals surface area (Å²) < 4.78 is 4.93. The third-order valence-electron chi connectivity index (χ3n) is 1.49. The zero-order valence-electron chi connectivity index (χ0n) is 10.7. The average Bonchev–Trinajstić information content (AvgIpc) is 2.34. The van der Waals surface area contributed by atoms with Crippen LogP contribution in [-0.2, 0) is 11.3 Å². The van der Waals surface area contributed by atoms with Crippen LogP contribution in [0.3, 0.4) is 0 Å². The van der Waals surface area contributed by atoms with Gasteiger partial charge in [-0.05, 0) is 19.4 Å². The second-order valence-corrected chi connectivity index (χ2v) is 2.59. The summed E-state index contributed by atoms with van der Waals surface area (Å²) in [4.78, 5) is 0. The highest BCUT2D eigenvalue weighted by Crippen LogP contribution is 1.98. The Balaban J connectivity index is 0. The van der Waals surface area contributed by atoms with E-state index in [9.17, 15) is 0 Å². The smallest absolute Gasteiger partial charge is 0.0713 e. The molecule has 0 aromatic heterocycles. The van der Waals surface area contributed by atoms with Gasteiger partial charge in [0, 0.05) is 7.11 Å². The summed E-state index contributed by atoms with van der Waals surface area (Å²) in [5, 5.41) is 0. The first-order chi connectivity index (χ1) is 7.35. The highest BCUT2D eigenvalue weighted by molar-refractivity contribution is 5.13. The number of rotatable bonds is 2. The predicted octanol–water partition coefficient (Wildman–Crippen LogP) is 4.44. The van der Waals surface area contributed by atoms with E-state index in [1.807, 2.05) is 70.2 Å². The van der Waals surface area contributed by atoms with Crippen LogP contribution in [0, 0.1) is 0 Å². The number of hydrogen-bond acceptors (Lipinski definition) is 1. The Bertz CT molecular complexity index is 210. The number of ether oxygens (including phenoxy) is 1. The van der Waals surface area contributed by atoms with Gasteiger partial charge in [-0.15, -0.1) is 0 Å². The van der Waals surface area contributed by atoms with E-state index in [4.69, 9.17) is 4.74 Å². The summed E-state index contributed by atoms with van der Waals surface area (Å²) in [7, 11) is 1.70. The molecule has 0 atom stereocenters. The van der Waals surface area contributed by atoms with Gasteiger partial charge < -0.3 is 4.74 Å². The molecule has 0 amide bonds. The van der Waals surface area contributed by atoms with Gasteiger partial charge in [0.2, 0.25) is 0 Å². The van der Waals surface area contributed by atoms with Gasteiger partial charge in [-0.2, -0.15) is 0 Å². The van der Waals surface area contributed by atoms with Gasteiger partial charge in [0.25, 0.3) is 0 Å². The molecule has 1 rings (SSSR count). The summed E-state index contributed by atoms with van der Waals surface area (Å²) in [5.74, 6) is 0. The summed E-state index contributed by atoms with van der Waals surface area (Å²) in [6.07, 6.45) is 4.00. The van der Waals surface area contributed by atoms with Crippen molar-refractivity contribution in [1.82, 2.24) is 0 Å². The molecule has 86 valence electrons. The van der Waals surface area contributed by atoms with Crippen molar-refractivity contribution < 1.29 is 4.74 Å². The monoisotopic (exact) mass is 208 g/mol. The van der Waals surface area contributed by atoms with Crippen LogP contribution in [0.15, 0.2) is 42.5 Å². The van der Waals surface area contributed by atoms with Crippen molar-refractivity contribution in [2.45, 2.75) is 34.3 Å². The fourth-order valence-electron chi connectivity index (χ4n) is 0.741. The van der Waals surface area contributed by atoms with E-state index in [1.165, 1.54) is 5.56 Å². The molecule has 0 saturated heterocycles. The lowest BCUT2D eigenvalue weighted by atomic mass is 10.2. The normalized spacial score (nSPS) is 8.60. The topological polar surface area (TPSA) is 9.23 Å². The molecule has 0 saturated carbocycles. The van der Waals surface area contributed by atoms with Crippen molar-refractivity contribution in [2.24, 2.45) is 0 Å². The third kappa shape index (κ3) is 12.9. The minimum Gasteiger partial charge on any atom is -0.380 e. The van der Waals surface area contributed by atoms with Crippen LogP contribution in [0.25, 0.3) is 0 Å². The van der Waals surface area contributed by atoms with Gasteiger partial charge in [-0.3, -0.25) is 0 Å². The third-order valence-corrected chi connectivity index (χ3v) is 1.49. The van der Waals surface area contributed by atoms with Crippen molar-refractivity contribution in [3.63, 3.8) is 0 Å². The summed E-state index contributed by atoms with van der Waals surface area (Å²) >= 11 is 0. The predicted molar refractivity (Wildman–Crippen MR) is 69.0 cm³/mol. The first-order valence-corrected chi connectivity index (χ1v) is 5.45. The molecule has 0 heterocycles. The standard InChI is InChI=1S/C8H10O.C4H8.C2H6/c1-9-7-8-5-3-2-4-6-8;1-3-4-2;1-2/h2-6H,7H2,1H3;3-4H,1-2H3;1-2H3/b;4-3-;. The molecule has 0 spiro atoms. The maximum Gasteiger partial charge on any atom is 0.0713 e. The van der Waals surface area contributed by atoms with Crippen molar-refractivity contribution in [3.05, 3.63) is 48.0 Å². The Kier molecular flexibility index (Phi) is 16.8. The Morgan fingerprint density at radius 2 is 1.47 bits per heavy atom.